The van der Waals surface area contributed by atoms with Gasteiger partial charge < -0.3 is 4.90 Å². The summed E-state index contributed by atoms with van der Waals surface area (Å²) < 4.78 is 25.5. The monoisotopic (exact) mass is 470 g/mol. The van der Waals surface area contributed by atoms with E-state index in [1.807, 2.05) is 51.5 Å². The predicted molar refractivity (Wildman–Crippen MR) is 126 cm³/mol. The van der Waals surface area contributed by atoms with Gasteiger partial charge >= 0.3 is 0 Å². The number of carbonyl (C=O) groups excluding carboxylic acids is 1. The van der Waals surface area contributed by atoms with Crippen molar-refractivity contribution in [1.82, 2.24) is 19.6 Å². The Morgan fingerprint density at radius 1 is 1.06 bits per heavy atom. The van der Waals surface area contributed by atoms with E-state index in [0.29, 0.717) is 44.7 Å². The number of benzene rings is 1. The summed E-state index contributed by atoms with van der Waals surface area (Å²) in [5.41, 5.74) is 2.48. The molecule has 9 heteroatoms. The fourth-order valence-corrected chi connectivity index (χ4v) is 7.03. The summed E-state index contributed by atoms with van der Waals surface area (Å²) in [5.74, 6) is 0.517. The fourth-order valence-electron chi connectivity index (χ4n) is 4.55. The molecule has 0 radical (unpaired) electrons. The Labute approximate surface area is 192 Å². The lowest BCUT2D eigenvalue weighted by Gasteiger charge is -2.37. The van der Waals surface area contributed by atoms with Crippen LogP contribution in [0, 0.1) is 0 Å². The second-order valence-corrected chi connectivity index (χ2v) is 11.6. The quantitative estimate of drug-likeness (QED) is 0.573. The van der Waals surface area contributed by atoms with Crippen molar-refractivity contribution in [3.05, 3.63) is 65.2 Å². The maximum Gasteiger partial charge on any atom is 0.257 e. The summed E-state index contributed by atoms with van der Waals surface area (Å²) in [4.78, 5) is 18.6. The molecule has 5 rings (SSSR count). The van der Waals surface area contributed by atoms with Crippen molar-refractivity contribution in [3.63, 3.8) is 0 Å². The molecular weight excluding hydrogens is 444 g/mol. The zero-order valence-corrected chi connectivity index (χ0v) is 19.4. The fraction of sp³-hybridized carbons (Fsp3) is 0.391. The first-order valence-corrected chi connectivity index (χ1v) is 13.6. The zero-order chi connectivity index (χ0) is 22.1. The van der Waals surface area contributed by atoms with Crippen molar-refractivity contribution in [2.75, 3.05) is 37.7 Å². The SMILES string of the molecule is O=C(c1cn(Cc2ccccc2)nc1-c1cccs1)N1CCN([C@@H]2CCS(=O)(=O)C2)CC1. The molecule has 1 aromatic carbocycles. The van der Waals surface area contributed by atoms with Gasteiger partial charge in [-0.2, -0.15) is 5.10 Å². The topological polar surface area (TPSA) is 75.5 Å². The first-order valence-electron chi connectivity index (χ1n) is 10.9. The number of hydrogen-bond acceptors (Lipinski definition) is 6. The highest BCUT2D eigenvalue weighted by Crippen LogP contribution is 2.28. The van der Waals surface area contributed by atoms with E-state index in [-0.39, 0.29) is 23.5 Å². The maximum atomic E-state index is 13.5. The minimum Gasteiger partial charge on any atom is -0.336 e. The number of sulfone groups is 1. The summed E-state index contributed by atoms with van der Waals surface area (Å²) in [7, 11) is -2.90. The summed E-state index contributed by atoms with van der Waals surface area (Å²) in [6, 6.07) is 14.1. The lowest BCUT2D eigenvalue weighted by Crippen LogP contribution is -2.52. The lowest BCUT2D eigenvalue weighted by molar-refractivity contribution is 0.0588. The van der Waals surface area contributed by atoms with Gasteiger partial charge in [-0.05, 0) is 23.4 Å². The minimum atomic E-state index is -2.90. The van der Waals surface area contributed by atoms with Crippen molar-refractivity contribution >= 4 is 27.1 Å². The van der Waals surface area contributed by atoms with Crippen LogP contribution in [0.2, 0.25) is 0 Å². The van der Waals surface area contributed by atoms with Gasteiger partial charge in [-0.1, -0.05) is 36.4 Å². The molecule has 0 aliphatic carbocycles. The number of carbonyl (C=O) groups is 1. The third-order valence-electron chi connectivity index (χ3n) is 6.26. The average Bonchev–Trinajstić information content (AvgIpc) is 3.54. The normalized spacial score (nSPS) is 21.1. The van der Waals surface area contributed by atoms with Crippen LogP contribution >= 0.6 is 11.3 Å². The molecule has 0 bridgehead atoms. The third kappa shape index (κ3) is 4.51. The van der Waals surface area contributed by atoms with Gasteiger partial charge in [0.15, 0.2) is 9.84 Å². The lowest BCUT2D eigenvalue weighted by atomic mass is 10.1. The Morgan fingerprint density at radius 2 is 1.84 bits per heavy atom. The van der Waals surface area contributed by atoms with Crippen molar-refractivity contribution in [2.45, 2.75) is 19.0 Å². The van der Waals surface area contributed by atoms with E-state index < -0.39 is 9.84 Å². The van der Waals surface area contributed by atoms with E-state index in [9.17, 15) is 13.2 Å². The van der Waals surface area contributed by atoms with Gasteiger partial charge in [0, 0.05) is 38.4 Å². The summed E-state index contributed by atoms with van der Waals surface area (Å²) in [5, 5.41) is 6.75. The molecule has 1 amide bonds. The van der Waals surface area contributed by atoms with Crippen LogP contribution in [-0.2, 0) is 16.4 Å². The highest BCUT2D eigenvalue weighted by Gasteiger charge is 2.35. The molecule has 7 nitrogen and oxygen atoms in total. The second-order valence-electron chi connectivity index (χ2n) is 8.44. The molecule has 2 saturated heterocycles. The van der Waals surface area contributed by atoms with Crippen molar-refractivity contribution in [1.29, 1.82) is 0 Å². The van der Waals surface area contributed by atoms with Crippen molar-refractivity contribution in [3.8, 4) is 10.6 Å². The van der Waals surface area contributed by atoms with E-state index in [1.165, 1.54) is 0 Å². The van der Waals surface area contributed by atoms with Gasteiger partial charge in [0.2, 0.25) is 0 Å². The van der Waals surface area contributed by atoms with Gasteiger partial charge in [-0.15, -0.1) is 11.3 Å². The van der Waals surface area contributed by atoms with E-state index in [4.69, 9.17) is 5.10 Å². The molecule has 2 fully saturated rings. The number of rotatable bonds is 5. The van der Waals surface area contributed by atoms with Gasteiger partial charge in [0.05, 0.1) is 28.5 Å². The van der Waals surface area contributed by atoms with E-state index in [2.05, 4.69) is 17.0 Å². The van der Waals surface area contributed by atoms with Crippen LogP contribution in [0.1, 0.15) is 22.3 Å². The average molecular weight is 471 g/mol. The maximum absolute atomic E-state index is 13.5. The first kappa shape index (κ1) is 21.4. The van der Waals surface area contributed by atoms with Gasteiger partial charge in [-0.3, -0.25) is 14.4 Å². The van der Waals surface area contributed by atoms with Crippen LogP contribution in [-0.4, -0.2) is 77.6 Å². The third-order valence-corrected chi connectivity index (χ3v) is 8.89. The Hall–Kier alpha value is -2.49. The molecule has 1 atom stereocenters. The molecule has 3 aromatic rings. The number of nitrogens with zero attached hydrogens (tertiary/aromatic N) is 4. The molecule has 32 heavy (non-hydrogen) atoms. The number of piperazine rings is 1. The number of amides is 1. The number of thiophene rings is 1. The van der Waals surface area contributed by atoms with E-state index in [0.717, 1.165) is 16.1 Å². The standard InChI is InChI=1S/C23H26N4O3S2/c28-23(26-11-9-25(10-12-26)19-8-14-32(29,30)17-19)20-16-27(15-18-5-2-1-3-6-18)24-22(20)21-7-4-13-31-21/h1-7,13,16,19H,8-12,14-15,17H2/t19-/m1/s1. The second kappa shape index (κ2) is 8.80. The van der Waals surface area contributed by atoms with E-state index in [1.54, 1.807) is 11.3 Å². The van der Waals surface area contributed by atoms with Crippen LogP contribution in [0.25, 0.3) is 10.6 Å². The van der Waals surface area contributed by atoms with Gasteiger partial charge in [0.25, 0.3) is 5.91 Å². The molecular formula is C23H26N4O3S2. The molecule has 2 aliphatic heterocycles. The van der Waals surface area contributed by atoms with Gasteiger partial charge in [-0.25, -0.2) is 8.42 Å². The molecule has 4 heterocycles. The van der Waals surface area contributed by atoms with E-state index >= 15 is 0 Å². The summed E-state index contributed by atoms with van der Waals surface area (Å²) in [6.07, 6.45) is 2.56. The van der Waals surface area contributed by atoms with Crippen LogP contribution in [0.4, 0.5) is 0 Å². The molecule has 2 aliphatic rings. The smallest absolute Gasteiger partial charge is 0.257 e. The molecule has 0 N–H and O–H groups in total. The van der Waals surface area contributed by atoms with Crippen molar-refractivity contribution in [2.24, 2.45) is 0 Å². The highest BCUT2D eigenvalue weighted by molar-refractivity contribution is 7.91. The Kier molecular flexibility index (Phi) is 5.88. The Morgan fingerprint density at radius 3 is 2.50 bits per heavy atom. The molecule has 168 valence electrons. The predicted octanol–water partition coefficient (Wildman–Crippen LogP) is 2.60. The van der Waals surface area contributed by atoms with Gasteiger partial charge in [0.1, 0.15) is 5.69 Å². The summed E-state index contributed by atoms with van der Waals surface area (Å²) >= 11 is 1.58. The highest BCUT2D eigenvalue weighted by atomic mass is 32.2. The molecule has 2 aromatic heterocycles. The van der Waals surface area contributed by atoms with Crippen molar-refractivity contribution < 1.29 is 13.2 Å². The largest absolute Gasteiger partial charge is 0.336 e. The van der Waals surface area contributed by atoms with Crippen LogP contribution in [0.5, 0.6) is 0 Å². The molecule has 0 unspecified atom stereocenters. The number of aromatic nitrogens is 2. The van der Waals surface area contributed by atoms with Crippen LogP contribution in [0.3, 0.4) is 0 Å². The van der Waals surface area contributed by atoms with Crippen LogP contribution in [0.15, 0.2) is 54.0 Å². The van der Waals surface area contributed by atoms with Crippen LogP contribution < -0.4 is 0 Å². The zero-order valence-electron chi connectivity index (χ0n) is 17.8. The Bertz CT molecular complexity index is 1180. The summed E-state index contributed by atoms with van der Waals surface area (Å²) in [6.45, 7) is 3.22. The molecule has 0 saturated carbocycles. The number of hydrogen-bond donors (Lipinski definition) is 0. The Balaban J connectivity index is 1.33. The first-order chi connectivity index (χ1) is 15.5. The molecule has 0 spiro atoms. The minimum absolute atomic E-state index is 0.00796.